The normalized spacial score (nSPS) is 23.3. The smallest absolute Gasteiger partial charge is 0.246 e. The summed E-state index contributed by atoms with van der Waals surface area (Å²) in [5.74, 6) is -0.537. The molecule has 9 heteroatoms. The third-order valence-electron chi connectivity index (χ3n) is 4.77. The topological polar surface area (TPSA) is 85.4 Å². The Morgan fingerprint density at radius 1 is 1.23 bits per heavy atom. The molecule has 0 atom stereocenters. The molecule has 0 N–H and O–H groups in total. The van der Waals surface area contributed by atoms with Gasteiger partial charge in [-0.25, -0.2) is 17.9 Å². The van der Waals surface area contributed by atoms with Crippen LogP contribution in [-0.2, 0) is 17.1 Å². The second-order valence-corrected chi connectivity index (χ2v) is 8.14. The molecule has 4 heterocycles. The molecule has 0 aliphatic carbocycles. The molecule has 3 aromatic heterocycles. The second kappa shape index (κ2) is 6.17. The van der Waals surface area contributed by atoms with Crippen LogP contribution in [0.15, 0.2) is 29.7 Å². The van der Waals surface area contributed by atoms with Crippen molar-refractivity contribution >= 4 is 15.7 Å². The van der Waals surface area contributed by atoms with Crippen molar-refractivity contribution in [3.8, 4) is 0 Å². The van der Waals surface area contributed by atoms with Gasteiger partial charge in [0.15, 0.2) is 5.65 Å². The van der Waals surface area contributed by atoms with Crippen molar-refractivity contribution < 1.29 is 13.9 Å². The number of pyridine rings is 1. The molecule has 0 amide bonds. The van der Waals surface area contributed by atoms with Crippen LogP contribution in [0.25, 0.3) is 5.65 Å². The molecule has 0 saturated carbocycles. The maximum Gasteiger partial charge on any atom is 0.246 e. The quantitative estimate of drug-likeness (QED) is 0.692. The van der Waals surface area contributed by atoms with E-state index in [1.165, 1.54) is 11.0 Å². The summed E-state index contributed by atoms with van der Waals surface area (Å²) in [5.41, 5.74) is 2.49. The largest absolute Gasteiger partial charge is 0.272 e. The average molecular weight is 378 g/mol. The van der Waals surface area contributed by atoms with Gasteiger partial charge in [-0.05, 0) is 49.8 Å². The Morgan fingerprint density at radius 2 is 1.96 bits per heavy atom. The van der Waals surface area contributed by atoms with E-state index < -0.39 is 28.9 Å². The van der Waals surface area contributed by atoms with Crippen molar-refractivity contribution in [1.82, 2.24) is 28.7 Å². The van der Waals surface area contributed by atoms with Crippen molar-refractivity contribution in [3.63, 3.8) is 0 Å². The summed E-state index contributed by atoms with van der Waals surface area (Å²) >= 11 is 0. The van der Waals surface area contributed by atoms with Gasteiger partial charge < -0.3 is 0 Å². The molecule has 26 heavy (non-hydrogen) atoms. The number of rotatable bonds is 3. The molecule has 1 aliphatic rings. The number of nitrogens with zero attached hydrogens (tertiary/aromatic N) is 6. The van der Waals surface area contributed by atoms with E-state index in [9.17, 15) is 8.42 Å². The number of piperidine rings is 1. The monoisotopic (exact) mass is 378 g/mol. The summed E-state index contributed by atoms with van der Waals surface area (Å²) in [7, 11) is -2.88. The Hall–Kier alpha value is -2.26. The fraction of sp³-hybridized carbons (Fsp3) is 0.471. The second-order valence-electron chi connectivity index (χ2n) is 6.38. The molecule has 1 fully saturated rings. The van der Waals surface area contributed by atoms with E-state index >= 15 is 0 Å². The minimum absolute atomic E-state index is 0.188. The molecule has 0 radical (unpaired) electrons. The zero-order chi connectivity index (χ0) is 22.1. The number of aromatic nitrogens is 5. The first-order chi connectivity index (χ1) is 13.8. The first-order valence-corrected chi connectivity index (χ1v) is 9.63. The summed E-state index contributed by atoms with van der Waals surface area (Å²) in [6.45, 7) is -1.50. The fourth-order valence-corrected chi connectivity index (χ4v) is 4.51. The lowest BCUT2D eigenvalue weighted by Crippen LogP contribution is -2.38. The highest BCUT2D eigenvalue weighted by Gasteiger charge is 2.32. The first kappa shape index (κ1) is 13.0. The maximum atomic E-state index is 13.3. The molecule has 3 aromatic rings. The summed E-state index contributed by atoms with van der Waals surface area (Å²) in [6, 6.07) is 1.80. The van der Waals surface area contributed by atoms with Crippen LogP contribution in [0.1, 0.15) is 41.1 Å². The van der Waals surface area contributed by atoms with E-state index in [1.807, 2.05) is 6.92 Å². The minimum Gasteiger partial charge on any atom is -0.272 e. The third-order valence-corrected chi connectivity index (χ3v) is 6.47. The van der Waals surface area contributed by atoms with Crippen molar-refractivity contribution in [2.75, 3.05) is 13.0 Å². The molecule has 0 bridgehead atoms. The van der Waals surface area contributed by atoms with Crippen LogP contribution in [0.4, 0.5) is 0 Å². The minimum atomic E-state index is -4.46. The average Bonchev–Trinajstić information content (AvgIpc) is 3.18. The SMILES string of the molecule is [2H]C1([2H])CC(c2cn3ncnc3cc2C)CC([2H])([2H])N1S(=O)(=O)c1cnn(C)c1C. The molecule has 138 valence electrons. The van der Waals surface area contributed by atoms with E-state index in [0.717, 1.165) is 17.3 Å². The van der Waals surface area contributed by atoms with Gasteiger partial charge in [0.1, 0.15) is 11.2 Å². The molecule has 0 spiro atoms. The molecule has 1 aliphatic heterocycles. The lowest BCUT2D eigenvalue weighted by molar-refractivity contribution is 0.318. The Labute approximate surface area is 158 Å². The Kier molecular flexibility index (Phi) is 3.08. The lowest BCUT2D eigenvalue weighted by atomic mass is 9.89. The van der Waals surface area contributed by atoms with Gasteiger partial charge in [0.25, 0.3) is 0 Å². The van der Waals surface area contributed by atoms with Gasteiger partial charge in [0.2, 0.25) is 10.0 Å². The van der Waals surface area contributed by atoms with Gasteiger partial charge in [-0.3, -0.25) is 4.68 Å². The van der Waals surface area contributed by atoms with Crippen molar-refractivity contribution in [1.29, 1.82) is 0 Å². The highest BCUT2D eigenvalue weighted by Crippen LogP contribution is 2.33. The van der Waals surface area contributed by atoms with E-state index in [2.05, 4.69) is 15.2 Å². The summed E-state index contributed by atoms with van der Waals surface area (Å²) in [4.78, 5) is 3.92. The van der Waals surface area contributed by atoms with Crippen LogP contribution >= 0.6 is 0 Å². The standard InChI is InChI=1S/C17H22N6O2S/c1-12-8-17-18-11-20-23(17)10-15(12)14-4-6-22(7-5-14)26(24,25)16-9-19-21(3)13(16)2/h8-11,14H,4-7H2,1-3H3/i6D2,7D2. The zero-order valence-electron chi connectivity index (χ0n) is 18.7. The molecular formula is C17H22N6O2S. The first-order valence-electron chi connectivity index (χ1n) is 10.2. The van der Waals surface area contributed by atoms with Gasteiger partial charge in [-0.2, -0.15) is 14.5 Å². The zero-order valence-corrected chi connectivity index (χ0v) is 15.5. The van der Waals surface area contributed by atoms with Crippen LogP contribution in [-0.4, -0.2) is 50.1 Å². The van der Waals surface area contributed by atoms with Gasteiger partial charge in [-0.1, -0.05) is 0 Å². The predicted octanol–water partition coefficient (Wildman–Crippen LogP) is 1.65. The molecule has 0 aromatic carbocycles. The van der Waals surface area contributed by atoms with E-state index in [4.69, 9.17) is 5.48 Å². The van der Waals surface area contributed by atoms with E-state index in [0.29, 0.717) is 15.6 Å². The highest BCUT2D eigenvalue weighted by atomic mass is 32.2. The summed E-state index contributed by atoms with van der Waals surface area (Å²) in [5, 5.41) is 8.02. The fourth-order valence-electron chi connectivity index (χ4n) is 3.13. The van der Waals surface area contributed by atoms with Gasteiger partial charge in [0, 0.05) is 31.7 Å². The number of fused-ring (bicyclic) bond motifs is 1. The van der Waals surface area contributed by atoms with Gasteiger partial charge in [0.05, 0.1) is 11.9 Å². The molecule has 4 rings (SSSR count). The molecule has 8 nitrogen and oxygen atoms in total. The third kappa shape index (κ3) is 2.71. The van der Waals surface area contributed by atoms with Crippen molar-refractivity contribution in [3.05, 3.63) is 41.6 Å². The molecular weight excluding hydrogens is 352 g/mol. The number of hydrogen-bond donors (Lipinski definition) is 0. The van der Waals surface area contributed by atoms with Crippen molar-refractivity contribution in [2.24, 2.45) is 7.05 Å². The van der Waals surface area contributed by atoms with Crippen LogP contribution in [0.5, 0.6) is 0 Å². The van der Waals surface area contributed by atoms with Crippen molar-refractivity contribution in [2.45, 2.75) is 37.5 Å². The van der Waals surface area contributed by atoms with E-state index in [-0.39, 0.29) is 17.7 Å². The van der Waals surface area contributed by atoms with E-state index in [1.54, 1.807) is 30.8 Å². The molecule has 0 unspecified atom stereocenters. The van der Waals surface area contributed by atoms with Gasteiger partial charge in [-0.15, -0.1) is 0 Å². The number of aryl methyl sites for hydroxylation is 2. The Morgan fingerprint density at radius 3 is 2.62 bits per heavy atom. The van der Waals surface area contributed by atoms with Crippen LogP contribution < -0.4 is 0 Å². The number of sulfonamides is 1. The number of hydrogen-bond acceptors (Lipinski definition) is 5. The Bertz CT molecular complexity index is 1220. The summed E-state index contributed by atoms with van der Waals surface area (Å²) in [6.07, 6.45) is 3.87. The highest BCUT2D eigenvalue weighted by molar-refractivity contribution is 7.89. The molecule has 1 saturated heterocycles. The van der Waals surface area contributed by atoms with Crippen LogP contribution in [0, 0.1) is 13.8 Å². The van der Waals surface area contributed by atoms with Crippen LogP contribution in [0.2, 0.25) is 0 Å². The Balaban J connectivity index is 1.77. The predicted molar refractivity (Wildman–Crippen MR) is 96.4 cm³/mol. The summed E-state index contributed by atoms with van der Waals surface area (Å²) < 4.78 is 63.9. The maximum absolute atomic E-state index is 13.3. The van der Waals surface area contributed by atoms with Gasteiger partial charge >= 0.3 is 0 Å². The lowest BCUT2D eigenvalue weighted by Gasteiger charge is -2.31. The van der Waals surface area contributed by atoms with Crippen LogP contribution in [0.3, 0.4) is 0 Å².